The summed E-state index contributed by atoms with van der Waals surface area (Å²) < 4.78 is 10.9. The topological polar surface area (TPSA) is 18.5 Å². The maximum atomic E-state index is 5.43. The molecule has 1 aliphatic carbocycles. The third-order valence-corrected chi connectivity index (χ3v) is 2.30. The first-order valence-electron chi connectivity index (χ1n) is 4.00. The van der Waals surface area contributed by atoms with Crippen LogP contribution in [0.5, 0.6) is 0 Å². The van der Waals surface area contributed by atoms with Gasteiger partial charge in [-0.1, -0.05) is 12.8 Å². The normalized spacial score (nSPS) is 47.1. The van der Waals surface area contributed by atoms with Gasteiger partial charge in [0.05, 0.1) is 12.2 Å². The monoisotopic (exact) mass is 141 g/mol. The summed E-state index contributed by atoms with van der Waals surface area (Å²) in [7, 11) is 0. The predicted molar refractivity (Wildman–Crippen MR) is 37.4 cm³/mol. The number of hydrogen-bond donors (Lipinski definition) is 0. The van der Waals surface area contributed by atoms with Gasteiger partial charge in [-0.3, -0.25) is 0 Å². The Morgan fingerprint density at radius 3 is 2.00 bits per heavy atom. The molecule has 0 aromatic rings. The van der Waals surface area contributed by atoms with Crippen LogP contribution in [0.4, 0.5) is 0 Å². The largest absolute Gasteiger partial charge is 0.347 e. The highest BCUT2D eigenvalue weighted by Gasteiger charge is 2.35. The van der Waals surface area contributed by atoms with Crippen molar-refractivity contribution in [1.29, 1.82) is 0 Å². The van der Waals surface area contributed by atoms with Crippen molar-refractivity contribution in [2.45, 2.75) is 44.2 Å². The van der Waals surface area contributed by atoms with Gasteiger partial charge < -0.3 is 9.47 Å². The van der Waals surface area contributed by atoms with Crippen molar-refractivity contribution < 1.29 is 9.47 Å². The minimum absolute atomic E-state index is 0.201. The first-order chi connectivity index (χ1) is 4.86. The quantitative estimate of drug-likeness (QED) is 0.509. The summed E-state index contributed by atoms with van der Waals surface area (Å²) >= 11 is 0. The van der Waals surface area contributed by atoms with Crippen LogP contribution in [-0.2, 0) is 9.47 Å². The zero-order valence-electron chi connectivity index (χ0n) is 6.08. The molecule has 2 nitrogen and oxygen atoms in total. The van der Waals surface area contributed by atoms with E-state index in [0.29, 0.717) is 12.2 Å². The molecule has 0 spiro atoms. The summed E-state index contributed by atoms with van der Waals surface area (Å²) in [5, 5.41) is 0. The van der Waals surface area contributed by atoms with Gasteiger partial charge in [-0.15, -0.1) is 0 Å². The minimum Gasteiger partial charge on any atom is -0.347 e. The van der Waals surface area contributed by atoms with Gasteiger partial charge in [0.25, 0.3) is 0 Å². The Labute approximate surface area is 61.5 Å². The molecular weight excluding hydrogens is 128 g/mol. The van der Waals surface area contributed by atoms with Gasteiger partial charge in [-0.2, -0.15) is 0 Å². The smallest absolute Gasteiger partial charge is 0.158 e. The van der Waals surface area contributed by atoms with Gasteiger partial charge in [-0.25, -0.2) is 0 Å². The lowest BCUT2D eigenvalue weighted by molar-refractivity contribution is -0.0297. The number of rotatable bonds is 0. The highest BCUT2D eigenvalue weighted by Crippen LogP contribution is 2.30. The average Bonchev–Trinajstić information content (AvgIpc) is 2.27. The Kier molecular flexibility index (Phi) is 1.66. The molecule has 1 aliphatic heterocycles. The first-order valence-corrected chi connectivity index (χ1v) is 4.00. The average molecular weight is 141 g/mol. The highest BCUT2D eigenvalue weighted by atomic mass is 16.7. The van der Waals surface area contributed by atoms with Crippen LogP contribution < -0.4 is 0 Å². The first kappa shape index (κ1) is 6.62. The summed E-state index contributed by atoms with van der Waals surface area (Å²) in [5.74, 6) is 0. The maximum Gasteiger partial charge on any atom is 0.158 e. The third-order valence-electron chi connectivity index (χ3n) is 2.30. The van der Waals surface area contributed by atoms with Crippen LogP contribution in [0.3, 0.4) is 0 Å². The Balaban J connectivity index is 1.97. The molecule has 2 aliphatic rings. The minimum atomic E-state index is -0.201. The van der Waals surface area contributed by atoms with Crippen molar-refractivity contribution >= 4 is 0 Å². The van der Waals surface area contributed by atoms with E-state index in [2.05, 4.69) is 6.92 Å². The lowest BCUT2D eigenvalue weighted by Crippen LogP contribution is -2.25. The third kappa shape index (κ3) is 1.06. The number of fused-ring (bicyclic) bond motifs is 1. The van der Waals surface area contributed by atoms with Gasteiger partial charge >= 0.3 is 0 Å². The molecule has 2 atom stereocenters. The molecule has 1 saturated heterocycles. The molecule has 1 saturated carbocycles. The van der Waals surface area contributed by atoms with Crippen molar-refractivity contribution in [3.05, 3.63) is 6.92 Å². The number of hydrogen-bond acceptors (Lipinski definition) is 2. The van der Waals surface area contributed by atoms with Gasteiger partial charge in [0.15, 0.2) is 6.29 Å². The Hall–Kier alpha value is -0.0800. The zero-order chi connectivity index (χ0) is 6.97. The van der Waals surface area contributed by atoms with E-state index in [1.807, 2.05) is 0 Å². The van der Waals surface area contributed by atoms with Crippen molar-refractivity contribution in [1.82, 2.24) is 0 Å². The van der Waals surface area contributed by atoms with E-state index in [1.165, 1.54) is 12.8 Å². The van der Waals surface area contributed by atoms with Crippen LogP contribution in [0, 0.1) is 6.92 Å². The molecule has 0 aromatic heterocycles. The van der Waals surface area contributed by atoms with Crippen molar-refractivity contribution in [3.8, 4) is 0 Å². The molecule has 0 aromatic carbocycles. The van der Waals surface area contributed by atoms with Crippen molar-refractivity contribution in [3.63, 3.8) is 0 Å². The Morgan fingerprint density at radius 1 is 1.00 bits per heavy atom. The fourth-order valence-electron chi connectivity index (χ4n) is 1.80. The van der Waals surface area contributed by atoms with Crippen molar-refractivity contribution in [2.24, 2.45) is 0 Å². The second-order valence-corrected chi connectivity index (χ2v) is 3.06. The summed E-state index contributed by atoms with van der Waals surface area (Å²) in [4.78, 5) is 0. The van der Waals surface area contributed by atoms with Crippen LogP contribution in [0.2, 0.25) is 0 Å². The molecule has 0 amide bonds. The van der Waals surface area contributed by atoms with E-state index in [-0.39, 0.29) is 6.29 Å². The van der Waals surface area contributed by atoms with Crippen LogP contribution in [0.1, 0.15) is 25.7 Å². The van der Waals surface area contributed by atoms with E-state index in [1.54, 1.807) is 0 Å². The Morgan fingerprint density at radius 2 is 1.50 bits per heavy atom. The summed E-state index contributed by atoms with van der Waals surface area (Å²) in [6.45, 7) is 3.72. The lowest BCUT2D eigenvalue weighted by atomic mass is 9.95. The lowest BCUT2D eigenvalue weighted by Gasteiger charge is -2.21. The molecule has 0 bridgehead atoms. The van der Waals surface area contributed by atoms with Crippen LogP contribution >= 0.6 is 0 Å². The molecular formula is C8H13O2. The van der Waals surface area contributed by atoms with Crippen LogP contribution in [0.15, 0.2) is 0 Å². The van der Waals surface area contributed by atoms with E-state index in [4.69, 9.17) is 9.47 Å². The molecule has 57 valence electrons. The molecule has 2 unspecified atom stereocenters. The maximum absolute atomic E-state index is 5.43. The highest BCUT2D eigenvalue weighted by molar-refractivity contribution is 4.81. The van der Waals surface area contributed by atoms with E-state index >= 15 is 0 Å². The molecule has 2 heteroatoms. The fourth-order valence-corrected chi connectivity index (χ4v) is 1.80. The second kappa shape index (κ2) is 2.51. The van der Waals surface area contributed by atoms with Crippen molar-refractivity contribution in [2.75, 3.05) is 0 Å². The summed E-state index contributed by atoms with van der Waals surface area (Å²) in [6, 6.07) is 0. The number of ether oxygens (including phenoxy) is 2. The van der Waals surface area contributed by atoms with Gasteiger partial charge in [0, 0.05) is 6.92 Å². The summed E-state index contributed by atoms with van der Waals surface area (Å²) in [6.07, 6.45) is 5.42. The van der Waals surface area contributed by atoms with Gasteiger partial charge in [0.2, 0.25) is 0 Å². The predicted octanol–water partition coefficient (Wildman–Crippen LogP) is 1.50. The van der Waals surface area contributed by atoms with E-state index in [9.17, 15) is 0 Å². The zero-order valence-corrected chi connectivity index (χ0v) is 6.08. The SMILES string of the molecule is [CH2]C1OC2CCCCC2O1. The molecule has 2 fully saturated rings. The molecule has 2 rings (SSSR count). The fraction of sp³-hybridized carbons (Fsp3) is 0.875. The molecule has 0 N–H and O–H groups in total. The molecule has 10 heavy (non-hydrogen) atoms. The molecule has 1 heterocycles. The van der Waals surface area contributed by atoms with Crippen LogP contribution in [0.25, 0.3) is 0 Å². The second-order valence-electron chi connectivity index (χ2n) is 3.06. The van der Waals surface area contributed by atoms with Crippen LogP contribution in [-0.4, -0.2) is 18.5 Å². The van der Waals surface area contributed by atoms with E-state index < -0.39 is 0 Å². The van der Waals surface area contributed by atoms with Gasteiger partial charge in [-0.05, 0) is 12.8 Å². The summed E-state index contributed by atoms with van der Waals surface area (Å²) in [5.41, 5.74) is 0. The van der Waals surface area contributed by atoms with Gasteiger partial charge in [0.1, 0.15) is 0 Å². The van der Waals surface area contributed by atoms with E-state index in [0.717, 1.165) is 12.8 Å². The standard InChI is InChI=1S/C8H13O2/c1-6-9-7-4-2-3-5-8(7)10-6/h6-8H,1-5H2. The molecule has 1 radical (unpaired) electrons. The Bertz CT molecular complexity index is 110.